The van der Waals surface area contributed by atoms with Crippen LogP contribution in [0.1, 0.15) is 27.7 Å². The van der Waals surface area contributed by atoms with Gasteiger partial charge in [0.05, 0.1) is 12.2 Å². The highest BCUT2D eigenvalue weighted by atomic mass is 32.2. The predicted molar refractivity (Wildman–Crippen MR) is 134 cm³/mol. The van der Waals surface area contributed by atoms with E-state index in [-0.39, 0.29) is 35.8 Å². The van der Waals surface area contributed by atoms with Crippen molar-refractivity contribution in [3.63, 3.8) is 0 Å². The molecule has 32 heavy (non-hydrogen) atoms. The maximum Gasteiger partial charge on any atom is 0.330 e. The third-order valence-corrected chi connectivity index (χ3v) is 5.59. The van der Waals surface area contributed by atoms with E-state index in [2.05, 4.69) is 16.9 Å². The lowest BCUT2D eigenvalue weighted by Gasteiger charge is -2.27. The van der Waals surface area contributed by atoms with Crippen LogP contribution in [0.4, 0.5) is 17.2 Å². The van der Waals surface area contributed by atoms with E-state index < -0.39 is 11.2 Å². The fraction of sp³-hybridized carbons (Fsp3) is 0.435. The molecule has 0 bridgehead atoms. The number of carbonyl (C=O) groups excluding carboxylic acids is 1. The third kappa shape index (κ3) is 6.78. The van der Waals surface area contributed by atoms with Crippen LogP contribution in [-0.2, 0) is 11.3 Å². The number of hydrogen-bond donors (Lipinski definition) is 3. The van der Waals surface area contributed by atoms with Crippen molar-refractivity contribution >= 4 is 34.9 Å². The molecule has 1 aromatic heterocycles. The molecule has 0 aliphatic rings. The summed E-state index contributed by atoms with van der Waals surface area (Å²) in [7, 11) is 0. The fourth-order valence-corrected chi connectivity index (χ4v) is 4.06. The number of aromatic nitrogens is 2. The highest BCUT2D eigenvalue weighted by Crippen LogP contribution is 2.27. The van der Waals surface area contributed by atoms with Gasteiger partial charge in [-0.25, -0.2) is 4.79 Å². The molecule has 0 fully saturated rings. The Labute approximate surface area is 192 Å². The third-order valence-electron chi connectivity index (χ3n) is 4.52. The lowest BCUT2D eigenvalue weighted by Crippen LogP contribution is -2.43. The second kappa shape index (κ2) is 11.6. The molecule has 174 valence electrons. The average molecular weight is 460 g/mol. The summed E-state index contributed by atoms with van der Waals surface area (Å²) in [6.07, 6.45) is 1.80. The maximum atomic E-state index is 13.0. The first-order chi connectivity index (χ1) is 15.1. The Balaban J connectivity index is 2.36. The normalized spacial score (nSPS) is 11.1. The van der Waals surface area contributed by atoms with Crippen molar-refractivity contribution < 1.29 is 4.79 Å². The molecular formula is C23H33N5O3S. The smallest absolute Gasteiger partial charge is 0.330 e. The molecular weight excluding hydrogens is 426 g/mol. The largest absolute Gasteiger partial charge is 0.383 e. The molecule has 8 nitrogen and oxygen atoms in total. The number of carbonyl (C=O) groups is 1. The number of aromatic amines is 1. The Hall–Kier alpha value is -2.94. The zero-order valence-corrected chi connectivity index (χ0v) is 20.0. The van der Waals surface area contributed by atoms with Crippen LogP contribution in [0, 0.1) is 11.8 Å². The molecule has 1 aromatic carbocycles. The van der Waals surface area contributed by atoms with Crippen LogP contribution < -0.4 is 27.2 Å². The van der Waals surface area contributed by atoms with Gasteiger partial charge in [0.2, 0.25) is 5.91 Å². The van der Waals surface area contributed by atoms with E-state index in [9.17, 15) is 14.4 Å². The number of nitrogens with two attached hydrogens (primary N) is 1. The topological polar surface area (TPSA) is 113 Å². The van der Waals surface area contributed by atoms with Crippen molar-refractivity contribution in [2.24, 2.45) is 11.8 Å². The Bertz CT molecular complexity index is 1060. The summed E-state index contributed by atoms with van der Waals surface area (Å²) in [6.45, 7) is 12.3. The van der Waals surface area contributed by atoms with E-state index in [4.69, 9.17) is 5.73 Å². The monoisotopic (exact) mass is 459 g/mol. The second-order valence-electron chi connectivity index (χ2n) is 8.42. The summed E-state index contributed by atoms with van der Waals surface area (Å²) in [5.74, 6) is 0.818. The van der Waals surface area contributed by atoms with Crippen LogP contribution in [0.2, 0.25) is 0 Å². The van der Waals surface area contributed by atoms with Crippen molar-refractivity contribution in [1.29, 1.82) is 0 Å². The summed E-state index contributed by atoms with van der Waals surface area (Å²) in [4.78, 5) is 42.9. The summed E-state index contributed by atoms with van der Waals surface area (Å²) >= 11 is 1.57. The van der Waals surface area contributed by atoms with Gasteiger partial charge in [-0.05, 0) is 24.0 Å². The van der Waals surface area contributed by atoms with Crippen LogP contribution in [0.25, 0.3) is 0 Å². The van der Waals surface area contributed by atoms with Gasteiger partial charge in [0.25, 0.3) is 5.56 Å². The summed E-state index contributed by atoms with van der Waals surface area (Å²) in [5, 5.41) is 2.93. The minimum Gasteiger partial charge on any atom is -0.383 e. The number of nitrogen functional groups attached to an aromatic ring is 1. The van der Waals surface area contributed by atoms with Gasteiger partial charge in [-0.1, -0.05) is 45.9 Å². The second-order valence-corrected chi connectivity index (χ2v) is 9.48. The molecule has 1 amide bonds. The zero-order valence-electron chi connectivity index (χ0n) is 19.2. The average Bonchev–Trinajstić information content (AvgIpc) is 2.69. The molecule has 0 atom stereocenters. The minimum absolute atomic E-state index is 0.0721. The Morgan fingerprint density at radius 1 is 1.25 bits per heavy atom. The first-order valence-electron chi connectivity index (χ1n) is 10.6. The molecule has 0 aliphatic heterocycles. The van der Waals surface area contributed by atoms with E-state index in [0.717, 1.165) is 10.6 Å². The predicted octanol–water partition coefficient (Wildman–Crippen LogP) is 3.15. The highest BCUT2D eigenvalue weighted by Gasteiger charge is 2.22. The number of rotatable bonds is 11. The van der Waals surface area contributed by atoms with E-state index in [1.165, 1.54) is 4.57 Å². The van der Waals surface area contributed by atoms with Crippen LogP contribution in [0.15, 0.2) is 51.4 Å². The number of nitrogens with one attached hydrogen (secondary N) is 2. The van der Waals surface area contributed by atoms with Gasteiger partial charge in [0.15, 0.2) is 0 Å². The summed E-state index contributed by atoms with van der Waals surface area (Å²) in [6, 6.07) is 7.52. The number of thioether (sulfide) groups is 1. The molecule has 0 radical (unpaired) electrons. The van der Waals surface area contributed by atoms with Crippen LogP contribution in [-0.4, -0.2) is 34.3 Å². The van der Waals surface area contributed by atoms with E-state index >= 15 is 0 Å². The van der Waals surface area contributed by atoms with Gasteiger partial charge < -0.3 is 16.0 Å². The van der Waals surface area contributed by atoms with Gasteiger partial charge in [0, 0.05) is 23.7 Å². The minimum atomic E-state index is -0.595. The summed E-state index contributed by atoms with van der Waals surface area (Å²) < 4.78 is 1.36. The van der Waals surface area contributed by atoms with Gasteiger partial charge in [-0.15, -0.1) is 18.3 Å². The lowest BCUT2D eigenvalue weighted by atomic mass is 10.2. The van der Waals surface area contributed by atoms with E-state index in [1.54, 1.807) is 22.7 Å². The number of nitrogens with zero attached hydrogens (tertiary/aromatic N) is 2. The Kier molecular flexibility index (Phi) is 9.19. The quantitative estimate of drug-likeness (QED) is 0.351. The number of anilines is 3. The number of H-pyrrole nitrogens is 1. The Morgan fingerprint density at radius 3 is 2.56 bits per heavy atom. The number of para-hydroxylation sites is 1. The first-order valence-corrected chi connectivity index (χ1v) is 11.6. The number of amides is 1. The number of benzene rings is 1. The van der Waals surface area contributed by atoms with Crippen LogP contribution in [0.3, 0.4) is 0 Å². The molecule has 0 aliphatic carbocycles. The molecule has 1 heterocycles. The number of hydrogen-bond acceptors (Lipinski definition) is 6. The first kappa shape index (κ1) is 25.3. The van der Waals surface area contributed by atoms with Crippen LogP contribution in [0.5, 0.6) is 0 Å². The molecule has 0 saturated carbocycles. The standard InChI is InChI=1S/C23H33N5O3S/c1-6-11-32-18-10-8-7-9-17(18)25-19(29)14-27(12-15(2)3)20-21(24)28(13-16(4)5)23(31)26-22(20)30/h6-10,15-16H,1,11-14,24H2,2-5H3,(H,25,29)(H,26,30,31). The molecule has 0 unspecified atom stereocenters. The molecule has 2 rings (SSSR count). The molecule has 0 spiro atoms. The Morgan fingerprint density at radius 2 is 1.94 bits per heavy atom. The van der Waals surface area contributed by atoms with E-state index in [0.29, 0.717) is 18.8 Å². The SMILES string of the molecule is C=CCSc1ccccc1NC(=O)CN(CC(C)C)c1c(N)n(CC(C)C)c(=O)[nH]c1=O. The lowest BCUT2D eigenvalue weighted by molar-refractivity contribution is -0.115. The van der Waals surface area contributed by atoms with Gasteiger partial charge in [-0.2, -0.15) is 0 Å². The van der Waals surface area contributed by atoms with Crippen molar-refractivity contribution in [1.82, 2.24) is 9.55 Å². The van der Waals surface area contributed by atoms with E-state index in [1.807, 2.05) is 52.0 Å². The fourth-order valence-electron chi connectivity index (χ4n) is 3.31. The van der Waals surface area contributed by atoms with Crippen molar-refractivity contribution in [3.8, 4) is 0 Å². The van der Waals surface area contributed by atoms with Crippen molar-refractivity contribution in [2.45, 2.75) is 39.1 Å². The zero-order chi connectivity index (χ0) is 23.8. The molecule has 0 saturated heterocycles. The molecule has 4 N–H and O–H groups in total. The highest BCUT2D eigenvalue weighted by molar-refractivity contribution is 7.99. The van der Waals surface area contributed by atoms with Gasteiger partial charge in [0.1, 0.15) is 11.5 Å². The van der Waals surface area contributed by atoms with Crippen molar-refractivity contribution in [2.75, 3.05) is 34.8 Å². The van der Waals surface area contributed by atoms with Gasteiger partial charge in [-0.3, -0.25) is 19.1 Å². The maximum absolute atomic E-state index is 13.0. The van der Waals surface area contributed by atoms with Crippen molar-refractivity contribution in [3.05, 3.63) is 57.8 Å². The molecule has 2 aromatic rings. The van der Waals surface area contributed by atoms with Crippen LogP contribution >= 0.6 is 11.8 Å². The summed E-state index contributed by atoms with van der Waals surface area (Å²) in [5.41, 5.74) is 5.97. The molecule has 9 heteroatoms. The van der Waals surface area contributed by atoms with Gasteiger partial charge >= 0.3 is 5.69 Å².